The number of hydrogen-bond acceptors (Lipinski definition) is 4. The van der Waals surface area contributed by atoms with Crippen molar-refractivity contribution in [2.45, 2.75) is 0 Å². The van der Waals surface area contributed by atoms with E-state index in [0.717, 1.165) is 15.7 Å². The predicted molar refractivity (Wildman–Crippen MR) is 96.1 cm³/mol. The summed E-state index contributed by atoms with van der Waals surface area (Å²) in [6, 6.07) is 18.2. The minimum absolute atomic E-state index is 0.153. The van der Waals surface area contributed by atoms with Crippen molar-refractivity contribution in [1.82, 2.24) is 10.2 Å². The molecule has 1 N–H and O–H groups in total. The molecular weight excluding hydrogens is 370 g/mol. The minimum atomic E-state index is -0.153. The number of anilines is 1. The quantitative estimate of drug-likeness (QED) is 0.734. The van der Waals surface area contributed by atoms with Crippen molar-refractivity contribution in [2.24, 2.45) is 0 Å². The fourth-order valence-corrected chi connectivity index (χ4v) is 2.38. The fraction of sp³-hybridized carbons (Fsp3) is 0.0556. The van der Waals surface area contributed by atoms with Crippen molar-refractivity contribution in [3.8, 4) is 17.1 Å². The molecule has 0 fully saturated rings. The number of hydrogen-bond donors (Lipinski definition) is 1. The monoisotopic (exact) mass is 383 g/mol. The molecule has 120 valence electrons. The topological polar surface area (TPSA) is 64.1 Å². The molecule has 0 spiro atoms. The lowest BCUT2D eigenvalue weighted by Gasteiger charge is -2.07. The maximum Gasteiger partial charge on any atom is 0.255 e. The first-order chi connectivity index (χ1) is 11.7. The molecule has 1 heterocycles. The molecule has 0 aliphatic heterocycles. The molecule has 0 aliphatic rings. The van der Waals surface area contributed by atoms with Gasteiger partial charge in [0.1, 0.15) is 0 Å². The number of ether oxygens (including phenoxy) is 1. The van der Waals surface area contributed by atoms with Crippen molar-refractivity contribution in [1.29, 1.82) is 0 Å². The molecule has 1 aromatic heterocycles. The largest absolute Gasteiger partial charge is 0.480 e. The second-order valence-corrected chi connectivity index (χ2v) is 5.91. The zero-order chi connectivity index (χ0) is 16.9. The fourth-order valence-electron chi connectivity index (χ4n) is 2.11. The number of nitrogens with one attached hydrogen (secondary N) is 1. The van der Waals surface area contributed by atoms with Crippen molar-refractivity contribution in [3.63, 3.8) is 0 Å². The highest BCUT2D eigenvalue weighted by Gasteiger charge is 2.07. The van der Waals surface area contributed by atoms with Gasteiger partial charge in [0, 0.05) is 27.4 Å². The zero-order valence-corrected chi connectivity index (χ0v) is 14.4. The highest BCUT2D eigenvalue weighted by Crippen LogP contribution is 2.20. The van der Waals surface area contributed by atoms with Crippen LogP contribution in [0, 0.1) is 0 Å². The number of halogens is 1. The van der Waals surface area contributed by atoms with Crippen LogP contribution in [0.1, 0.15) is 10.4 Å². The third-order valence-corrected chi connectivity index (χ3v) is 3.92. The van der Waals surface area contributed by atoms with Crippen LogP contribution in [0.25, 0.3) is 11.3 Å². The van der Waals surface area contributed by atoms with E-state index in [-0.39, 0.29) is 5.91 Å². The van der Waals surface area contributed by atoms with E-state index >= 15 is 0 Å². The van der Waals surface area contributed by atoms with Gasteiger partial charge in [0.25, 0.3) is 5.91 Å². The van der Waals surface area contributed by atoms with Crippen LogP contribution in [0.4, 0.5) is 5.69 Å². The molecule has 0 unspecified atom stereocenters. The van der Waals surface area contributed by atoms with E-state index in [1.807, 2.05) is 42.5 Å². The van der Waals surface area contributed by atoms with Gasteiger partial charge < -0.3 is 10.1 Å². The first-order valence-corrected chi connectivity index (χ1v) is 8.00. The van der Waals surface area contributed by atoms with Gasteiger partial charge in [0.15, 0.2) is 0 Å². The van der Waals surface area contributed by atoms with E-state index in [1.165, 1.54) is 0 Å². The lowest BCUT2D eigenvalue weighted by molar-refractivity contribution is 0.102. The number of benzene rings is 2. The first kappa shape index (κ1) is 16.1. The molecule has 5 nitrogen and oxygen atoms in total. The lowest BCUT2D eigenvalue weighted by Crippen LogP contribution is -2.11. The molecule has 0 bridgehead atoms. The van der Waals surface area contributed by atoms with E-state index < -0.39 is 0 Å². The molecule has 1 amide bonds. The second-order valence-electron chi connectivity index (χ2n) is 5.00. The van der Waals surface area contributed by atoms with Crippen molar-refractivity contribution >= 4 is 27.5 Å². The number of nitrogens with zero attached hydrogens (tertiary/aromatic N) is 2. The molecule has 2 aromatic carbocycles. The summed E-state index contributed by atoms with van der Waals surface area (Å²) in [6.45, 7) is 0. The number of carbonyl (C=O) groups excluding carboxylic acids is 1. The average molecular weight is 384 g/mol. The molecule has 3 rings (SSSR count). The van der Waals surface area contributed by atoms with Gasteiger partial charge in [-0.05, 0) is 42.5 Å². The van der Waals surface area contributed by atoms with Crippen molar-refractivity contribution < 1.29 is 9.53 Å². The Morgan fingerprint density at radius 2 is 1.67 bits per heavy atom. The normalized spacial score (nSPS) is 10.2. The number of amides is 1. The van der Waals surface area contributed by atoms with Gasteiger partial charge in [-0.25, -0.2) is 0 Å². The van der Waals surface area contributed by atoms with E-state index in [0.29, 0.717) is 17.1 Å². The van der Waals surface area contributed by atoms with Crippen LogP contribution < -0.4 is 10.1 Å². The van der Waals surface area contributed by atoms with Crippen LogP contribution in [-0.2, 0) is 0 Å². The van der Waals surface area contributed by atoms with Crippen molar-refractivity contribution in [3.05, 3.63) is 70.7 Å². The van der Waals surface area contributed by atoms with E-state index in [4.69, 9.17) is 4.74 Å². The Balaban J connectivity index is 1.71. The van der Waals surface area contributed by atoms with Crippen LogP contribution in [0.15, 0.2) is 65.1 Å². The summed E-state index contributed by atoms with van der Waals surface area (Å²) in [5.41, 5.74) is 2.96. The van der Waals surface area contributed by atoms with Gasteiger partial charge in [-0.15, -0.1) is 10.2 Å². The van der Waals surface area contributed by atoms with Crippen LogP contribution in [0.5, 0.6) is 5.88 Å². The SMILES string of the molecule is COc1ccc(-c2ccc(NC(=O)c3ccc(Br)cc3)cc2)nn1. The van der Waals surface area contributed by atoms with Crippen LogP contribution in [-0.4, -0.2) is 23.2 Å². The summed E-state index contributed by atoms with van der Waals surface area (Å²) >= 11 is 3.35. The summed E-state index contributed by atoms with van der Waals surface area (Å²) in [6.07, 6.45) is 0. The summed E-state index contributed by atoms with van der Waals surface area (Å²) < 4.78 is 5.93. The van der Waals surface area contributed by atoms with Gasteiger partial charge in [0.2, 0.25) is 5.88 Å². The molecule has 0 radical (unpaired) electrons. The predicted octanol–water partition coefficient (Wildman–Crippen LogP) is 4.17. The van der Waals surface area contributed by atoms with Gasteiger partial charge in [-0.2, -0.15) is 0 Å². The summed E-state index contributed by atoms with van der Waals surface area (Å²) in [7, 11) is 1.55. The highest BCUT2D eigenvalue weighted by molar-refractivity contribution is 9.10. The minimum Gasteiger partial charge on any atom is -0.480 e. The standard InChI is InChI=1S/C18H14BrN3O2/c1-24-17-11-10-16(21-22-17)12-4-8-15(9-5-12)20-18(23)13-2-6-14(19)7-3-13/h2-11H,1H3,(H,20,23). The van der Waals surface area contributed by atoms with Crippen molar-refractivity contribution in [2.75, 3.05) is 12.4 Å². The van der Waals surface area contributed by atoms with Gasteiger partial charge in [-0.1, -0.05) is 28.1 Å². The Morgan fingerprint density at radius 1 is 0.958 bits per heavy atom. The van der Waals surface area contributed by atoms with E-state index in [9.17, 15) is 4.79 Å². The average Bonchev–Trinajstić information content (AvgIpc) is 2.63. The highest BCUT2D eigenvalue weighted by atomic mass is 79.9. The molecular formula is C18H14BrN3O2. The Bertz CT molecular complexity index is 832. The van der Waals surface area contributed by atoms with Crippen LogP contribution in [0.2, 0.25) is 0 Å². The maximum absolute atomic E-state index is 12.2. The number of methoxy groups -OCH3 is 1. The summed E-state index contributed by atoms with van der Waals surface area (Å²) in [5, 5.41) is 10.9. The van der Waals surface area contributed by atoms with Gasteiger partial charge in [0.05, 0.1) is 12.8 Å². The van der Waals surface area contributed by atoms with E-state index in [1.54, 1.807) is 25.3 Å². The smallest absolute Gasteiger partial charge is 0.255 e. The van der Waals surface area contributed by atoms with Crippen LogP contribution in [0.3, 0.4) is 0 Å². The molecule has 0 atom stereocenters. The Labute approximate surface area is 147 Å². The summed E-state index contributed by atoms with van der Waals surface area (Å²) in [4.78, 5) is 12.2. The Kier molecular flexibility index (Phi) is 4.86. The zero-order valence-electron chi connectivity index (χ0n) is 12.9. The molecule has 3 aromatic rings. The Morgan fingerprint density at radius 3 is 2.25 bits per heavy atom. The maximum atomic E-state index is 12.2. The number of carbonyl (C=O) groups is 1. The Hall–Kier alpha value is -2.73. The molecule has 0 saturated heterocycles. The first-order valence-electron chi connectivity index (χ1n) is 7.21. The number of rotatable bonds is 4. The molecule has 24 heavy (non-hydrogen) atoms. The van der Waals surface area contributed by atoms with Crippen LogP contribution >= 0.6 is 15.9 Å². The lowest BCUT2D eigenvalue weighted by atomic mass is 10.1. The third kappa shape index (κ3) is 3.78. The second kappa shape index (κ2) is 7.23. The summed E-state index contributed by atoms with van der Waals surface area (Å²) in [5.74, 6) is 0.316. The van der Waals surface area contributed by atoms with Gasteiger partial charge >= 0.3 is 0 Å². The van der Waals surface area contributed by atoms with E-state index in [2.05, 4.69) is 31.4 Å². The third-order valence-electron chi connectivity index (χ3n) is 3.39. The molecule has 0 aliphatic carbocycles. The van der Waals surface area contributed by atoms with Gasteiger partial charge in [-0.3, -0.25) is 4.79 Å². The molecule has 0 saturated carbocycles. The number of aromatic nitrogens is 2. The molecule has 6 heteroatoms.